The van der Waals surface area contributed by atoms with E-state index in [9.17, 15) is 0 Å². The summed E-state index contributed by atoms with van der Waals surface area (Å²) in [6.07, 6.45) is 9.36. The fourth-order valence-corrected chi connectivity index (χ4v) is 4.08. The Bertz CT molecular complexity index is 1380. The molecule has 2 aromatic carbocycles. The van der Waals surface area contributed by atoms with Crippen LogP contribution in [-0.2, 0) is 12.8 Å². The molecule has 5 rings (SSSR count). The first kappa shape index (κ1) is 19.9. The summed E-state index contributed by atoms with van der Waals surface area (Å²) in [6.45, 7) is 2.10. The normalized spacial score (nSPS) is 11.1. The van der Waals surface area contributed by atoms with Crippen LogP contribution in [0.5, 0.6) is 5.75 Å². The molecule has 5 aromatic rings. The topological polar surface area (TPSA) is 52.3 Å². The predicted octanol–water partition coefficient (Wildman–Crippen LogP) is 5.56. The molecule has 32 heavy (non-hydrogen) atoms. The fraction of sp³-hybridized carbons (Fsp3) is 0.148. The Morgan fingerprint density at radius 2 is 1.69 bits per heavy atom. The number of rotatable bonds is 6. The van der Waals surface area contributed by atoms with E-state index in [0.717, 1.165) is 58.0 Å². The van der Waals surface area contributed by atoms with Crippen molar-refractivity contribution in [1.29, 1.82) is 0 Å². The van der Waals surface area contributed by atoms with Crippen molar-refractivity contribution in [3.8, 4) is 28.3 Å². The van der Waals surface area contributed by atoms with Gasteiger partial charge >= 0.3 is 0 Å². The molecule has 0 unspecified atom stereocenters. The van der Waals surface area contributed by atoms with Crippen LogP contribution in [0.3, 0.4) is 0 Å². The van der Waals surface area contributed by atoms with Crippen molar-refractivity contribution < 1.29 is 4.74 Å². The van der Waals surface area contributed by atoms with Gasteiger partial charge in [-0.3, -0.25) is 14.4 Å². The van der Waals surface area contributed by atoms with Gasteiger partial charge in [0.15, 0.2) is 5.65 Å². The first-order chi connectivity index (χ1) is 15.7. The summed E-state index contributed by atoms with van der Waals surface area (Å²) in [7, 11) is 1.68. The van der Waals surface area contributed by atoms with Crippen molar-refractivity contribution >= 4 is 5.65 Å². The fourth-order valence-electron chi connectivity index (χ4n) is 4.08. The van der Waals surface area contributed by atoms with E-state index in [4.69, 9.17) is 9.72 Å². The van der Waals surface area contributed by atoms with Crippen LogP contribution >= 0.6 is 0 Å². The molecule has 0 N–H and O–H groups in total. The molecule has 3 heterocycles. The van der Waals surface area contributed by atoms with Gasteiger partial charge in [-0.1, -0.05) is 48.5 Å². The van der Waals surface area contributed by atoms with E-state index in [1.165, 1.54) is 5.56 Å². The number of benzene rings is 2. The highest BCUT2D eigenvalue weighted by Crippen LogP contribution is 2.26. The lowest BCUT2D eigenvalue weighted by molar-refractivity contribution is 0.415. The molecule has 0 fully saturated rings. The SMILES string of the molecule is COc1cccc(-c2ncc(CCc3nccn4c(-c5ccccc5)cnc34)cc2C)c1. The molecule has 158 valence electrons. The van der Waals surface area contributed by atoms with E-state index in [1.807, 2.05) is 61.2 Å². The second-order valence-corrected chi connectivity index (χ2v) is 7.82. The maximum absolute atomic E-state index is 5.35. The Kier molecular flexibility index (Phi) is 5.38. The van der Waals surface area contributed by atoms with Crippen LogP contribution in [0.15, 0.2) is 85.5 Å². The van der Waals surface area contributed by atoms with E-state index in [-0.39, 0.29) is 0 Å². The van der Waals surface area contributed by atoms with E-state index in [1.54, 1.807) is 7.11 Å². The zero-order valence-electron chi connectivity index (χ0n) is 18.2. The van der Waals surface area contributed by atoms with Crippen molar-refractivity contribution in [2.45, 2.75) is 19.8 Å². The maximum Gasteiger partial charge on any atom is 0.159 e. The average molecular weight is 421 g/mol. The summed E-state index contributed by atoms with van der Waals surface area (Å²) >= 11 is 0. The van der Waals surface area contributed by atoms with Crippen LogP contribution in [0, 0.1) is 6.92 Å². The van der Waals surface area contributed by atoms with Crippen LogP contribution in [-0.4, -0.2) is 26.5 Å². The summed E-state index contributed by atoms with van der Waals surface area (Å²) in [5.74, 6) is 0.835. The molecule has 0 spiro atoms. The number of aryl methyl sites for hydroxylation is 3. The second-order valence-electron chi connectivity index (χ2n) is 7.82. The molecular formula is C27H24N4O. The van der Waals surface area contributed by atoms with E-state index in [0.29, 0.717) is 0 Å². The predicted molar refractivity (Wildman–Crippen MR) is 127 cm³/mol. The number of nitrogens with zero attached hydrogens (tertiary/aromatic N) is 4. The van der Waals surface area contributed by atoms with Crippen molar-refractivity contribution in [2.75, 3.05) is 7.11 Å². The number of hydrogen-bond acceptors (Lipinski definition) is 4. The highest BCUT2D eigenvalue weighted by Gasteiger charge is 2.11. The Morgan fingerprint density at radius 3 is 2.50 bits per heavy atom. The molecule has 5 nitrogen and oxygen atoms in total. The number of imidazole rings is 1. The number of hydrogen-bond donors (Lipinski definition) is 0. The number of ether oxygens (including phenoxy) is 1. The van der Waals surface area contributed by atoms with Gasteiger partial charge in [-0.15, -0.1) is 0 Å². The van der Waals surface area contributed by atoms with Gasteiger partial charge < -0.3 is 4.74 Å². The molecule has 0 aliphatic rings. The quantitative estimate of drug-likeness (QED) is 0.361. The number of fused-ring (bicyclic) bond motifs is 1. The third-order valence-electron chi connectivity index (χ3n) is 5.70. The van der Waals surface area contributed by atoms with Crippen molar-refractivity contribution in [1.82, 2.24) is 19.4 Å². The van der Waals surface area contributed by atoms with Crippen LogP contribution in [0.25, 0.3) is 28.2 Å². The van der Waals surface area contributed by atoms with Crippen molar-refractivity contribution in [3.05, 3.63) is 102 Å². The minimum Gasteiger partial charge on any atom is -0.497 e. The highest BCUT2D eigenvalue weighted by atomic mass is 16.5. The third-order valence-corrected chi connectivity index (χ3v) is 5.70. The van der Waals surface area contributed by atoms with Crippen LogP contribution < -0.4 is 4.74 Å². The summed E-state index contributed by atoms with van der Waals surface area (Å²) in [4.78, 5) is 14.0. The first-order valence-electron chi connectivity index (χ1n) is 10.7. The maximum atomic E-state index is 5.35. The van der Waals surface area contributed by atoms with Gasteiger partial charge in [0.1, 0.15) is 5.75 Å². The Hall–Kier alpha value is -3.99. The highest BCUT2D eigenvalue weighted by molar-refractivity contribution is 5.65. The van der Waals surface area contributed by atoms with Crippen LogP contribution in [0.2, 0.25) is 0 Å². The molecule has 0 radical (unpaired) electrons. The van der Waals surface area contributed by atoms with Gasteiger partial charge in [0, 0.05) is 29.7 Å². The van der Waals surface area contributed by atoms with Crippen molar-refractivity contribution in [3.63, 3.8) is 0 Å². The zero-order chi connectivity index (χ0) is 21.9. The van der Waals surface area contributed by atoms with Gasteiger partial charge in [0.2, 0.25) is 0 Å². The molecule has 3 aromatic heterocycles. The van der Waals surface area contributed by atoms with Crippen LogP contribution in [0.4, 0.5) is 0 Å². The summed E-state index contributed by atoms with van der Waals surface area (Å²) in [5, 5.41) is 0. The first-order valence-corrected chi connectivity index (χ1v) is 10.7. The smallest absolute Gasteiger partial charge is 0.159 e. The molecule has 0 aliphatic carbocycles. The Morgan fingerprint density at radius 1 is 0.844 bits per heavy atom. The zero-order valence-corrected chi connectivity index (χ0v) is 18.2. The minimum atomic E-state index is 0.801. The Labute approximate surface area is 187 Å². The lowest BCUT2D eigenvalue weighted by atomic mass is 10.0. The van der Waals surface area contributed by atoms with Crippen LogP contribution in [0.1, 0.15) is 16.8 Å². The standard InChI is InChI=1S/C27H24N4O/c1-19-15-20(17-29-26(19)22-9-6-10-23(16-22)32-2)11-12-24-27-30-18-25(31(27)14-13-28-24)21-7-4-3-5-8-21/h3-10,13-18H,11-12H2,1-2H3. The largest absolute Gasteiger partial charge is 0.497 e. The number of methoxy groups -OCH3 is 1. The Balaban J connectivity index is 1.38. The second kappa shape index (κ2) is 8.63. The summed E-state index contributed by atoms with van der Waals surface area (Å²) in [5.41, 5.74) is 8.49. The van der Waals surface area contributed by atoms with Gasteiger partial charge in [0.25, 0.3) is 0 Å². The molecule has 5 heteroatoms. The van der Waals surface area contributed by atoms with E-state index < -0.39 is 0 Å². The monoisotopic (exact) mass is 420 g/mol. The average Bonchev–Trinajstić information content (AvgIpc) is 3.28. The molecule has 0 bridgehead atoms. The van der Waals surface area contributed by atoms with E-state index in [2.05, 4.69) is 45.6 Å². The minimum absolute atomic E-state index is 0.801. The summed E-state index contributed by atoms with van der Waals surface area (Å²) in [6, 6.07) is 20.5. The number of aromatic nitrogens is 4. The number of pyridine rings is 1. The lowest BCUT2D eigenvalue weighted by Gasteiger charge is -2.10. The molecule has 0 atom stereocenters. The molecule has 0 aliphatic heterocycles. The summed E-state index contributed by atoms with van der Waals surface area (Å²) < 4.78 is 7.47. The van der Waals surface area contributed by atoms with Gasteiger partial charge in [-0.2, -0.15) is 0 Å². The third kappa shape index (κ3) is 3.85. The molecular weight excluding hydrogens is 396 g/mol. The molecule has 0 saturated carbocycles. The van der Waals surface area contributed by atoms with Gasteiger partial charge in [0.05, 0.1) is 30.4 Å². The molecule has 0 saturated heterocycles. The van der Waals surface area contributed by atoms with Gasteiger partial charge in [-0.05, 0) is 43.0 Å². The van der Waals surface area contributed by atoms with E-state index >= 15 is 0 Å². The lowest BCUT2D eigenvalue weighted by Crippen LogP contribution is -2.01. The molecule has 0 amide bonds. The van der Waals surface area contributed by atoms with Gasteiger partial charge in [-0.25, -0.2) is 4.98 Å². The van der Waals surface area contributed by atoms with Crippen molar-refractivity contribution in [2.24, 2.45) is 0 Å².